The molecule has 0 aromatic heterocycles. The molecular formula is C11H13F3O. The highest BCUT2D eigenvalue weighted by molar-refractivity contribution is 5.38. The van der Waals surface area contributed by atoms with Crippen molar-refractivity contribution in [3.8, 4) is 0 Å². The molecule has 0 amide bonds. The molecular weight excluding hydrogens is 205 g/mol. The molecule has 0 saturated carbocycles. The Bertz CT molecular complexity index is 344. The largest absolute Gasteiger partial charge is 0.416 e. The van der Waals surface area contributed by atoms with Crippen LogP contribution in [0.15, 0.2) is 18.2 Å². The smallest absolute Gasteiger partial charge is 0.396 e. The molecule has 0 heterocycles. The maximum Gasteiger partial charge on any atom is 0.416 e. The van der Waals surface area contributed by atoms with Crippen LogP contribution in [0.25, 0.3) is 0 Å². The van der Waals surface area contributed by atoms with Gasteiger partial charge in [0.05, 0.1) is 5.56 Å². The lowest BCUT2D eigenvalue weighted by atomic mass is 9.91. The van der Waals surface area contributed by atoms with Crippen molar-refractivity contribution in [3.63, 3.8) is 0 Å². The molecule has 1 atom stereocenters. The highest BCUT2D eigenvalue weighted by atomic mass is 19.4. The zero-order valence-corrected chi connectivity index (χ0v) is 8.60. The van der Waals surface area contributed by atoms with Gasteiger partial charge in [0.25, 0.3) is 0 Å². The molecule has 1 unspecified atom stereocenters. The van der Waals surface area contributed by atoms with E-state index < -0.39 is 17.7 Å². The third-order valence-corrected chi connectivity index (χ3v) is 2.40. The summed E-state index contributed by atoms with van der Waals surface area (Å²) in [6, 6.07) is 4.05. The fourth-order valence-corrected chi connectivity index (χ4v) is 1.67. The minimum Gasteiger partial charge on any atom is -0.396 e. The molecule has 0 spiro atoms. The fourth-order valence-electron chi connectivity index (χ4n) is 1.67. The van der Waals surface area contributed by atoms with Crippen LogP contribution in [0.1, 0.15) is 29.5 Å². The number of hydrogen-bond donors (Lipinski definition) is 1. The Morgan fingerprint density at radius 3 is 2.40 bits per heavy atom. The van der Waals surface area contributed by atoms with Crippen molar-refractivity contribution in [2.24, 2.45) is 0 Å². The van der Waals surface area contributed by atoms with Gasteiger partial charge >= 0.3 is 6.18 Å². The van der Waals surface area contributed by atoms with Crippen LogP contribution in [-0.4, -0.2) is 11.7 Å². The van der Waals surface area contributed by atoms with E-state index in [9.17, 15) is 13.2 Å². The summed E-state index contributed by atoms with van der Waals surface area (Å²) in [4.78, 5) is 0. The first-order chi connectivity index (χ1) is 6.88. The van der Waals surface area contributed by atoms with Gasteiger partial charge in [-0.3, -0.25) is 0 Å². The molecule has 0 aliphatic rings. The van der Waals surface area contributed by atoms with E-state index in [4.69, 9.17) is 5.11 Å². The zero-order valence-electron chi connectivity index (χ0n) is 8.60. The summed E-state index contributed by atoms with van der Waals surface area (Å²) in [5, 5.41) is 8.94. The Labute approximate surface area is 86.5 Å². The third kappa shape index (κ3) is 2.50. The molecule has 0 bridgehead atoms. The molecule has 1 N–H and O–H groups in total. The van der Waals surface area contributed by atoms with Crippen molar-refractivity contribution in [1.82, 2.24) is 0 Å². The van der Waals surface area contributed by atoms with E-state index >= 15 is 0 Å². The lowest BCUT2D eigenvalue weighted by molar-refractivity contribution is -0.138. The average Bonchev–Trinajstić information content (AvgIpc) is 2.15. The minimum atomic E-state index is -4.36. The predicted molar refractivity (Wildman–Crippen MR) is 51.7 cm³/mol. The molecule has 1 aromatic carbocycles. The van der Waals surface area contributed by atoms with Gasteiger partial charge in [0, 0.05) is 12.5 Å². The van der Waals surface area contributed by atoms with E-state index in [2.05, 4.69) is 0 Å². The van der Waals surface area contributed by atoms with Crippen LogP contribution in [0.3, 0.4) is 0 Å². The van der Waals surface area contributed by atoms with Gasteiger partial charge in [0.1, 0.15) is 0 Å². The summed E-state index contributed by atoms with van der Waals surface area (Å²) < 4.78 is 37.9. The summed E-state index contributed by atoms with van der Waals surface area (Å²) in [6.07, 6.45) is -4.36. The van der Waals surface area contributed by atoms with Crippen LogP contribution in [0, 0.1) is 6.92 Å². The number of benzene rings is 1. The number of aliphatic hydroxyl groups excluding tert-OH is 1. The monoisotopic (exact) mass is 218 g/mol. The Hall–Kier alpha value is -1.03. The topological polar surface area (TPSA) is 20.2 Å². The molecule has 0 aliphatic carbocycles. The standard InChI is InChI=1S/C11H13F3O/c1-7-4-3-5-9(11(12,13)14)10(7)8(2)6-15/h3-5,8,15H,6H2,1-2H3. The Balaban J connectivity index is 3.33. The van der Waals surface area contributed by atoms with Crippen LogP contribution in [0.2, 0.25) is 0 Å². The van der Waals surface area contributed by atoms with Crippen LogP contribution in [0.4, 0.5) is 13.2 Å². The average molecular weight is 218 g/mol. The van der Waals surface area contributed by atoms with Crippen molar-refractivity contribution in [2.45, 2.75) is 25.9 Å². The molecule has 0 radical (unpaired) electrons. The first-order valence-corrected chi connectivity index (χ1v) is 4.65. The molecule has 15 heavy (non-hydrogen) atoms. The summed E-state index contributed by atoms with van der Waals surface area (Å²) in [5.41, 5.74) is 0.0999. The van der Waals surface area contributed by atoms with E-state index in [-0.39, 0.29) is 12.2 Å². The van der Waals surface area contributed by atoms with E-state index in [0.717, 1.165) is 6.07 Å². The predicted octanol–water partition coefficient (Wildman–Crippen LogP) is 3.11. The van der Waals surface area contributed by atoms with E-state index in [0.29, 0.717) is 5.56 Å². The fraction of sp³-hybridized carbons (Fsp3) is 0.455. The summed E-state index contributed by atoms with van der Waals surface area (Å²) in [5.74, 6) is -0.497. The van der Waals surface area contributed by atoms with Crippen molar-refractivity contribution in [2.75, 3.05) is 6.61 Å². The SMILES string of the molecule is Cc1cccc(C(F)(F)F)c1C(C)CO. The van der Waals surface area contributed by atoms with Crippen LogP contribution < -0.4 is 0 Å². The van der Waals surface area contributed by atoms with Gasteiger partial charge in [0.2, 0.25) is 0 Å². The van der Waals surface area contributed by atoms with Gasteiger partial charge in [-0.15, -0.1) is 0 Å². The lowest BCUT2D eigenvalue weighted by Gasteiger charge is -2.19. The number of hydrogen-bond acceptors (Lipinski definition) is 1. The molecule has 1 aromatic rings. The number of aliphatic hydroxyl groups is 1. The molecule has 4 heteroatoms. The minimum absolute atomic E-state index is 0.188. The molecule has 0 fully saturated rings. The van der Waals surface area contributed by atoms with Crippen molar-refractivity contribution < 1.29 is 18.3 Å². The number of alkyl halides is 3. The second-order valence-electron chi connectivity index (χ2n) is 3.62. The molecule has 0 aliphatic heterocycles. The summed E-state index contributed by atoms with van der Waals surface area (Å²) >= 11 is 0. The quantitative estimate of drug-likeness (QED) is 0.808. The molecule has 1 rings (SSSR count). The van der Waals surface area contributed by atoms with Crippen molar-refractivity contribution >= 4 is 0 Å². The first kappa shape index (κ1) is 12.0. The van der Waals surface area contributed by atoms with Crippen LogP contribution in [0.5, 0.6) is 0 Å². The zero-order chi connectivity index (χ0) is 11.6. The molecule has 0 saturated heterocycles. The van der Waals surface area contributed by atoms with Gasteiger partial charge in [-0.25, -0.2) is 0 Å². The number of rotatable bonds is 2. The van der Waals surface area contributed by atoms with Gasteiger partial charge in [0.15, 0.2) is 0 Å². The first-order valence-electron chi connectivity index (χ1n) is 4.65. The normalized spacial score (nSPS) is 14.0. The van der Waals surface area contributed by atoms with E-state index in [1.807, 2.05) is 0 Å². The Morgan fingerprint density at radius 2 is 1.93 bits per heavy atom. The second-order valence-corrected chi connectivity index (χ2v) is 3.62. The summed E-state index contributed by atoms with van der Waals surface area (Å²) in [6.45, 7) is 2.92. The maximum absolute atomic E-state index is 12.6. The van der Waals surface area contributed by atoms with Gasteiger partial charge < -0.3 is 5.11 Å². The van der Waals surface area contributed by atoms with Crippen LogP contribution >= 0.6 is 0 Å². The lowest BCUT2D eigenvalue weighted by Crippen LogP contribution is -2.14. The van der Waals surface area contributed by atoms with Crippen LogP contribution in [-0.2, 0) is 6.18 Å². The van der Waals surface area contributed by atoms with Gasteiger partial charge in [-0.05, 0) is 24.1 Å². The van der Waals surface area contributed by atoms with E-state index in [1.165, 1.54) is 6.07 Å². The maximum atomic E-state index is 12.6. The molecule has 1 nitrogen and oxygen atoms in total. The van der Waals surface area contributed by atoms with Crippen molar-refractivity contribution in [1.29, 1.82) is 0 Å². The van der Waals surface area contributed by atoms with Gasteiger partial charge in [-0.2, -0.15) is 13.2 Å². The number of aryl methyl sites for hydroxylation is 1. The highest BCUT2D eigenvalue weighted by Crippen LogP contribution is 2.36. The highest BCUT2D eigenvalue weighted by Gasteiger charge is 2.34. The third-order valence-electron chi connectivity index (χ3n) is 2.40. The summed E-state index contributed by atoms with van der Waals surface area (Å²) in [7, 11) is 0. The number of halogens is 3. The van der Waals surface area contributed by atoms with E-state index in [1.54, 1.807) is 19.9 Å². The Kier molecular flexibility index (Phi) is 3.39. The molecule has 84 valence electrons. The van der Waals surface area contributed by atoms with Gasteiger partial charge in [-0.1, -0.05) is 19.1 Å². The second kappa shape index (κ2) is 4.23. The van der Waals surface area contributed by atoms with Crippen molar-refractivity contribution in [3.05, 3.63) is 34.9 Å². The Morgan fingerprint density at radius 1 is 1.33 bits per heavy atom.